The summed E-state index contributed by atoms with van der Waals surface area (Å²) in [5, 5.41) is 4.35. The molecule has 2 aromatic carbocycles. The number of rotatable bonds is 10. The van der Waals surface area contributed by atoms with Gasteiger partial charge in [0.2, 0.25) is 5.88 Å². The molecule has 2 aromatic rings. The Labute approximate surface area is 400 Å². The third-order valence-corrected chi connectivity index (χ3v) is 21.9. The maximum absolute atomic E-state index is 18.6. The summed E-state index contributed by atoms with van der Waals surface area (Å²) in [5.41, 5.74) is 4.74. The second kappa shape index (κ2) is 18.2. The zero-order chi connectivity index (χ0) is 48.6. The average molecular weight is 958 g/mol. The largest absolute Gasteiger partial charge is 0.477 e. The van der Waals surface area contributed by atoms with Crippen LogP contribution in [0.4, 0.5) is 22.4 Å². The predicted molar refractivity (Wildman–Crippen MR) is 259 cm³/mol. The Bertz CT molecular complexity index is 2580. The Morgan fingerprint density at radius 3 is 2.44 bits per heavy atom. The van der Waals surface area contributed by atoms with Gasteiger partial charge in [-0.15, -0.1) is 5.54 Å². The second-order valence-electron chi connectivity index (χ2n) is 21.7. The average Bonchev–Trinajstić information content (AvgIpc) is 3.76. The smallest absolute Gasteiger partial charge is 0.429 e. The van der Waals surface area contributed by atoms with Gasteiger partial charge in [-0.3, -0.25) is 14.8 Å². The van der Waals surface area contributed by atoms with Crippen LogP contribution >= 0.6 is 0 Å². The highest BCUT2D eigenvalue weighted by Crippen LogP contribution is 2.52. The van der Waals surface area contributed by atoms with E-state index in [1.165, 1.54) is 19.3 Å². The van der Waals surface area contributed by atoms with Crippen LogP contribution in [0, 0.1) is 23.2 Å². The highest BCUT2D eigenvalue weighted by molar-refractivity contribution is 6.90. The van der Waals surface area contributed by atoms with E-state index in [4.69, 9.17) is 23.9 Å². The molecular weight excluding hydrogens is 891 g/mol. The molecule has 4 bridgehead atoms. The molecule has 10 nitrogen and oxygen atoms in total. The summed E-state index contributed by atoms with van der Waals surface area (Å²) in [7, 11) is -0.933. The molecule has 0 spiro atoms. The van der Waals surface area contributed by atoms with Gasteiger partial charge in [-0.05, 0) is 112 Å². The van der Waals surface area contributed by atoms with Crippen molar-refractivity contribution in [3.63, 3.8) is 0 Å². The maximum atomic E-state index is 18.6. The molecule has 68 heavy (non-hydrogen) atoms. The van der Waals surface area contributed by atoms with E-state index >= 15 is 17.6 Å². The third-order valence-electron chi connectivity index (χ3n) is 15.7. The molecule has 1 aliphatic carbocycles. The number of methoxy groups -OCH3 is 1. The number of ether oxygens (including phenoxy) is 4. The van der Waals surface area contributed by atoms with Crippen LogP contribution in [0.15, 0.2) is 69.8 Å². The van der Waals surface area contributed by atoms with Gasteiger partial charge in [0, 0.05) is 54.3 Å². The Hall–Kier alpha value is -4.78. The van der Waals surface area contributed by atoms with E-state index in [0.29, 0.717) is 43.4 Å². The Balaban J connectivity index is 1.26. The van der Waals surface area contributed by atoms with Crippen LogP contribution in [-0.2, 0) is 14.2 Å². The Kier molecular flexibility index (Phi) is 12.9. The van der Waals surface area contributed by atoms with Crippen molar-refractivity contribution in [2.24, 2.45) is 10.9 Å². The molecule has 4 fully saturated rings. The van der Waals surface area contributed by atoms with Gasteiger partial charge in [0.15, 0.2) is 12.6 Å². The van der Waals surface area contributed by atoms with Crippen LogP contribution in [0.3, 0.4) is 0 Å². The Morgan fingerprint density at radius 1 is 0.985 bits per heavy atom. The number of fused-ring (bicyclic) bond motifs is 5. The van der Waals surface area contributed by atoms with Gasteiger partial charge < -0.3 is 18.9 Å². The Morgan fingerprint density at radius 2 is 1.74 bits per heavy atom. The number of hydrogen-bond acceptors (Lipinski definition) is 9. The molecule has 1 amide bonds. The zero-order valence-corrected chi connectivity index (χ0v) is 42.3. The molecular formula is C53H67F4N5O5Si. The fourth-order valence-electron chi connectivity index (χ4n) is 12.9. The van der Waals surface area contributed by atoms with E-state index in [-0.39, 0.29) is 101 Å². The summed E-state index contributed by atoms with van der Waals surface area (Å²) in [6.45, 7) is 19.6. The number of aliphatic imine (C=N–C) groups is 1. The number of amides is 1. The lowest BCUT2D eigenvalue weighted by Gasteiger charge is -2.56. The van der Waals surface area contributed by atoms with Crippen molar-refractivity contribution < 1.29 is 41.3 Å². The first-order chi connectivity index (χ1) is 32.3. The molecule has 7 aliphatic heterocycles. The number of allylic oxidation sites excluding steroid dienone is 6. The zero-order valence-electron chi connectivity index (χ0n) is 41.3. The number of amidine groups is 1. The van der Waals surface area contributed by atoms with Crippen molar-refractivity contribution in [2.75, 3.05) is 40.3 Å². The summed E-state index contributed by atoms with van der Waals surface area (Å²) in [6.07, 6.45) is 4.21. The summed E-state index contributed by atoms with van der Waals surface area (Å²) < 4.78 is 92.5. The van der Waals surface area contributed by atoms with Crippen molar-refractivity contribution in [1.82, 2.24) is 19.8 Å². The number of halogens is 4. The summed E-state index contributed by atoms with van der Waals surface area (Å²) in [4.78, 5) is 22.8. The standard InChI is InChI=1S/C53H67F4N5O5Si/c1-31(2)68(32(3)4,33(5)6)22-19-37-40(55)16-15-34-23-36(66-30-64-10)24-39(46(34)37)47-41(56)25-45(65-28-53-20-12-21-59(53)27-35(54)26-53)61-44(49(47)57)14-11-13-38-42-17-18-43-48(38)50(61)58-29-60(43)62(42)51(63)67-52(7,8)9/h15-16,23-25,31-33,35,38,42H,11-14,17-18,20-21,26-30H2,1-10H3/t35-,38+,42+,53+/m1/s1. The molecule has 0 aromatic heterocycles. The molecule has 4 atom stereocenters. The van der Waals surface area contributed by atoms with Gasteiger partial charge in [-0.1, -0.05) is 53.5 Å². The van der Waals surface area contributed by atoms with Crippen LogP contribution in [-0.4, -0.2) is 103 Å². The number of hydrazine groups is 1. The van der Waals surface area contributed by atoms with Crippen molar-refractivity contribution in [3.8, 4) is 17.2 Å². The van der Waals surface area contributed by atoms with Crippen molar-refractivity contribution >= 4 is 36.3 Å². The number of alkyl halides is 1. The minimum Gasteiger partial charge on any atom is -0.477 e. The van der Waals surface area contributed by atoms with Crippen LogP contribution in [0.5, 0.6) is 5.75 Å². The van der Waals surface area contributed by atoms with Crippen LogP contribution in [0.2, 0.25) is 16.6 Å². The van der Waals surface area contributed by atoms with Crippen molar-refractivity contribution in [2.45, 2.75) is 154 Å². The first kappa shape index (κ1) is 48.2. The molecule has 4 saturated heterocycles. The van der Waals surface area contributed by atoms with E-state index in [1.54, 1.807) is 28.1 Å². The molecule has 366 valence electrons. The van der Waals surface area contributed by atoms with Crippen molar-refractivity contribution in [3.05, 3.63) is 81.8 Å². The van der Waals surface area contributed by atoms with Gasteiger partial charge in [0.25, 0.3) is 0 Å². The first-order valence-electron chi connectivity index (χ1n) is 24.6. The third kappa shape index (κ3) is 8.13. The van der Waals surface area contributed by atoms with Gasteiger partial charge in [0.05, 0.1) is 28.4 Å². The topological polar surface area (TPSA) is 79.3 Å². The highest BCUT2D eigenvalue weighted by atomic mass is 28.3. The van der Waals surface area contributed by atoms with Crippen LogP contribution in [0.1, 0.15) is 125 Å². The lowest BCUT2D eigenvalue weighted by atomic mass is 9.74. The predicted octanol–water partition coefficient (Wildman–Crippen LogP) is 12.2. The van der Waals surface area contributed by atoms with E-state index in [1.807, 2.05) is 25.8 Å². The maximum Gasteiger partial charge on any atom is 0.429 e. The first-order valence-corrected chi connectivity index (χ1v) is 26.8. The molecule has 0 saturated carbocycles. The lowest BCUT2D eigenvalue weighted by molar-refractivity contribution is -0.0954. The van der Waals surface area contributed by atoms with Gasteiger partial charge in [-0.2, -0.15) is 0 Å². The monoisotopic (exact) mass is 957 g/mol. The molecule has 15 heteroatoms. The number of hydrogen-bond donors (Lipinski definition) is 0. The van der Waals surface area contributed by atoms with Gasteiger partial charge in [-0.25, -0.2) is 32.4 Å². The number of nitrogens with zero attached hydrogens (tertiary/aromatic N) is 5. The van der Waals surface area contributed by atoms with Crippen LogP contribution < -0.4 is 4.74 Å². The van der Waals surface area contributed by atoms with E-state index < -0.39 is 48.9 Å². The molecule has 10 rings (SSSR count). The number of carbonyl (C=O) groups is 1. The summed E-state index contributed by atoms with van der Waals surface area (Å²) in [5.74, 6) is 1.50. The normalized spacial score (nSPS) is 25.1. The second-order valence-corrected chi connectivity index (χ2v) is 27.2. The SMILES string of the molecule is COCOc1cc(C2=C(F)C=C(OC[C@@]34CCCN3C[C@H](F)C4)N3C4=NCN5C6=C4[C@@H](CCCC3=C2F)[C@H](CC6)N5C(=O)OC(C)(C)C)c2c(C#C[Si](C(C)C)(C(C)C)C(C)C)c(F)ccc2c1. The summed E-state index contributed by atoms with van der Waals surface area (Å²) in [6, 6.07) is 5.96. The highest BCUT2D eigenvalue weighted by Gasteiger charge is 2.54. The number of benzene rings is 2. The molecule has 0 radical (unpaired) electrons. The number of carbonyl (C=O) groups excluding carboxylic acids is 1. The van der Waals surface area contributed by atoms with E-state index in [0.717, 1.165) is 30.7 Å². The fourth-order valence-corrected chi connectivity index (χ4v) is 18.1. The lowest BCUT2D eigenvalue weighted by Crippen LogP contribution is -2.64. The van der Waals surface area contributed by atoms with Crippen molar-refractivity contribution in [1.29, 1.82) is 0 Å². The fraction of sp³-hybridized carbons (Fsp3) is 0.585. The minimum atomic E-state index is -2.42. The molecule has 7 heterocycles. The molecule has 0 unspecified atom stereocenters. The summed E-state index contributed by atoms with van der Waals surface area (Å²) >= 11 is 0. The minimum absolute atomic E-state index is 0.0291. The van der Waals surface area contributed by atoms with Gasteiger partial charge in [0.1, 0.15) is 56.4 Å². The molecule has 8 aliphatic rings. The quantitative estimate of drug-likeness (QED) is 0.101. The molecule has 0 N–H and O–H groups in total. The van der Waals surface area contributed by atoms with E-state index in [2.05, 4.69) is 57.9 Å². The van der Waals surface area contributed by atoms with Gasteiger partial charge >= 0.3 is 6.09 Å². The van der Waals surface area contributed by atoms with Crippen LogP contribution in [0.25, 0.3) is 16.3 Å². The van der Waals surface area contributed by atoms with E-state index in [9.17, 15) is 4.79 Å².